The molecule has 0 aliphatic carbocycles. The molecule has 192 valence electrons. The molecule has 3 aliphatic rings. The van der Waals surface area contributed by atoms with Gasteiger partial charge in [-0.05, 0) is 42.3 Å². The number of allylic oxidation sites excluding steroid dienone is 1. The van der Waals surface area contributed by atoms with Gasteiger partial charge in [-0.15, -0.1) is 0 Å². The third-order valence-electron chi connectivity index (χ3n) is 8.30. The summed E-state index contributed by atoms with van der Waals surface area (Å²) in [5, 5.41) is 3.08. The first-order valence-corrected chi connectivity index (χ1v) is 13.7. The molecule has 1 amide bonds. The van der Waals surface area contributed by atoms with Crippen LogP contribution in [0.15, 0.2) is 83.3 Å². The lowest BCUT2D eigenvalue weighted by atomic mass is 9.63. The van der Waals surface area contributed by atoms with Crippen molar-refractivity contribution in [1.29, 1.82) is 0 Å². The van der Waals surface area contributed by atoms with Crippen molar-refractivity contribution in [3.05, 3.63) is 100 Å². The summed E-state index contributed by atoms with van der Waals surface area (Å²) in [6.07, 6.45) is 2.09. The fourth-order valence-corrected chi connectivity index (χ4v) is 6.89. The molecule has 3 aliphatic heterocycles. The van der Waals surface area contributed by atoms with E-state index in [9.17, 15) is 14.4 Å². The fourth-order valence-electron chi connectivity index (χ4n) is 6.62. The van der Waals surface area contributed by atoms with Gasteiger partial charge in [0.15, 0.2) is 11.6 Å². The molecule has 0 radical (unpaired) electrons. The summed E-state index contributed by atoms with van der Waals surface area (Å²) in [6, 6.07) is 21.4. The van der Waals surface area contributed by atoms with Gasteiger partial charge in [0.2, 0.25) is 5.91 Å². The number of carbonyl (C=O) groups excluding carboxylic acids is 3. The van der Waals surface area contributed by atoms with Crippen LogP contribution in [-0.2, 0) is 15.0 Å². The molecule has 3 aromatic carbocycles. The van der Waals surface area contributed by atoms with Crippen molar-refractivity contribution in [3.63, 3.8) is 0 Å². The van der Waals surface area contributed by atoms with E-state index >= 15 is 0 Å². The molecule has 1 N–H and O–H groups in total. The average Bonchev–Trinajstić information content (AvgIpc) is 3.36. The van der Waals surface area contributed by atoms with E-state index < -0.39 is 28.8 Å². The van der Waals surface area contributed by atoms with Crippen molar-refractivity contribution in [2.75, 3.05) is 10.2 Å². The number of fused-ring (bicyclic) bond motifs is 6. The van der Waals surface area contributed by atoms with Gasteiger partial charge in [-0.1, -0.05) is 91.3 Å². The molecule has 0 unspecified atom stereocenters. The van der Waals surface area contributed by atoms with Crippen LogP contribution in [0.4, 0.5) is 11.4 Å². The number of hydrogen-bond acceptors (Lipinski definition) is 4. The maximum absolute atomic E-state index is 14.7. The van der Waals surface area contributed by atoms with Crippen LogP contribution in [0.3, 0.4) is 0 Å². The predicted octanol–water partition coefficient (Wildman–Crippen LogP) is 6.43. The molecule has 6 rings (SSSR count). The maximum atomic E-state index is 14.7. The lowest BCUT2D eigenvalue weighted by Gasteiger charge is -2.39. The summed E-state index contributed by atoms with van der Waals surface area (Å²) in [6.45, 7) is 7.69. The van der Waals surface area contributed by atoms with Gasteiger partial charge >= 0.3 is 0 Å². The number of halogens is 1. The van der Waals surface area contributed by atoms with Crippen molar-refractivity contribution in [1.82, 2.24) is 0 Å². The minimum Gasteiger partial charge on any atom is -0.352 e. The van der Waals surface area contributed by atoms with Gasteiger partial charge in [-0.25, -0.2) is 0 Å². The number of para-hydroxylation sites is 2. The first kappa shape index (κ1) is 24.8. The van der Waals surface area contributed by atoms with E-state index in [4.69, 9.17) is 0 Å². The Bertz CT molecular complexity index is 1530. The molecule has 6 heteroatoms. The SMILES string of the molecule is CC1=C[C@@H]2N(c3ccccc31)[C@H](C(=O)C(C)(C)C)[C@@H](C(=O)c1ccc(Br)cc1)[C@@]21C(=O)Nc2ccccc21. The molecule has 1 saturated heterocycles. The van der Waals surface area contributed by atoms with Crippen LogP contribution in [-0.4, -0.2) is 29.6 Å². The smallest absolute Gasteiger partial charge is 0.238 e. The van der Waals surface area contributed by atoms with Crippen LogP contribution in [0.1, 0.15) is 49.2 Å². The monoisotopic (exact) mass is 568 g/mol. The molecular formula is C32H29BrN2O3. The summed E-state index contributed by atoms with van der Waals surface area (Å²) in [4.78, 5) is 45.5. The summed E-state index contributed by atoms with van der Waals surface area (Å²) in [7, 11) is 0. The van der Waals surface area contributed by atoms with E-state index in [0.29, 0.717) is 11.3 Å². The van der Waals surface area contributed by atoms with Gasteiger partial charge in [0.05, 0.1) is 12.0 Å². The number of amides is 1. The highest BCUT2D eigenvalue weighted by molar-refractivity contribution is 9.10. The van der Waals surface area contributed by atoms with Crippen molar-refractivity contribution in [3.8, 4) is 0 Å². The third-order valence-corrected chi connectivity index (χ3v) is 8.83. The molecule has 0 bridgehead atoms. The molecule has 1 fully saturated rings. The Labute approximate surface area is 231 Å². The molecule has 3 heterocycles. The number of carbonyl (C=O) groups is 3. The number of rotatable bonds is 3. The number of ketones is 2. The Balaban J connectivity index is 1.70. The quantitative estimate of drug-likeness (QED) is 0.370. The molecular weight excluding hydrogens is 540 g/mol. The Hall–Kier alpha value is -3.51. The number of nitrogens with zero attached hydrogens (tertiary/aromatic N) is 1. The minimum atomic E-state index is -1.28. The largest absolute Gasteiger partial charge is 0.352 e. The van der Waals surface area contributed by atoms with Gasteiger partial charge in [0, 0.05) is 32.4 Å². The number of anilines is 2. The highest BCUT2D eigenvalue weighted by Gasteiger charge is 2.71. The number of benzene rings is 3. The van der Waals surface area contributed by atoms with Crippen molar-refractivity contribution in [2.24, 2.45) is 11.3 Å². The Morgan fingerprint density at radius 1 is 0.947 bits per heavy atom. The van der Waals surface area contributed by atoms with Crippen LogP contribution in [0.5, 0.6) is 0 Å². The van der Waals surface area contributed by atoms with E-state index in [2.05, 4.69) is 32.2 Å². The highest BCUT2D eigenvalue weighted by atomic mass is 79.9. The van der Waals surface area contributed by atoms with E-state index in [1.807, 2.05) is 88.4 Å². The Kier molecular flexibility index (Phi) is 5.55. The van der Waals surface area contributed by atoms with E-state index in [1.54, 1.807) is 12.1 Å². The van der Waals surface area contributed by atoms with Gasteiger partial charge in [-0.3, -0.25) is 14.4 Å². The van der Waals surface area contributed by atoms with Gasteiger partial charge in [-0.2, -0.15) is 0 Å². The molecule has 0 aromatic heterocycles. The summed E-state index contributed by atoms with van der Waals surface area (Å²) in [5.41, 5.74) is 2.84. The number of hydrogen-bond donors (Lipinski definition) is 1. The molecule has 4 atom stereocenters. The standard InChI is InChI=1S/C32H29BrN2O3/c1-18-17-25-32(22-10-6-7-11-23(22)34-30(32)38)26(28(36)19-13-15-20(33)16-14-19)27(29(37)31(2,3)4)35(25)24-12-8-5-9-21(18)24/h5-17,25-27H,1-4H3,(H,34,38)/t25-,26-,27-,32-/m0/s1. The second kappa shape index (κ2) is 8.50. The lowest BCUT2D eigenvalue weighted by molar-refractivity contribution is -0.128. The van der Waals surface area contributed by atoms with Crippen molar-refractivity contribution < 1.29 is 14.4 Å². The van der Waals surface area contributed by atoms with Crippen LogP contribution in [0.25, 0.3) is 5.57 Å². The highest BCUT2D eigenvalue weighted by Crippen LogP contribution is 2.59. The fraction of sp³-hybridized carbons (Fsp3) is 0.281. The van der Waals surface area contributed by atoms with Gasteiger partial charge in [0.1, 0.15) is 11.5 Å². The summed E-state index contributed by atoms with van der Waals surface area (Å²) >= 11 is 3.46. The second-order valence-corrected chi connectivity index (χ2v) is 12.4. The predicted molar refractivity (Wildman–Crippen MR) is 153 cm³/mol. The summed E-state index contributed by atoms with van der Waals surface area (Å²) < 4.78 is 0.853. The Morgan fingerprint density at radius 2 is 1.61 bits per heavy atom. The number of nitrogens with one attached hydrogen (secondary N) is 1. The van der Waals surface area contributed by atoms with Crippen molar-refractivity contribution in [2.45, 2.75) is 45.2 Å². The van der Waals surface area contributed by atoms with Crippen LogP contribution in [0, 0.1) is 11.3 Å². The normalized spacial score (nSPS) is 25.4. The zero-order valence-electron chi connectivity index (χ0n) is 21.8. The van der Waals surface area contributed by atoms with Gasteiger partial charge < -0.3 is 10.2 Å². The molecule has 1 spiro atoms. The topological polar surface area (TPSA) is 66.5 Å². The van der Waals surface area contributed by atoms with E-state index in [0.717, 1.165) is 26.9 Å². The molecule has 0 saturated carbocycles. The van der Waals surface area contributed by atoms with Crippen molar-refractivity contribution >= 4 is 50.4 Å². The molecule has 3 aromatic rings. The Morgan fingerprint density at radius 3 is 2.32 bits per heavy atom. The van der Waals surface area contributed by atoms with Crippen LogP contribution < -0.4 is 10.2 Å². The molecule has 5 nitrogen and oxygen atoms in total. The van der Waals surface area contributed by atoms with Crippen LogP contribution >= 0.6 is 15.9 Å². The lowest BCUT2D eigenvalue weighted by Crippen LogP contribution is -2.51. The second-order valence-electron chi connectivity index (χ2n) is 11.5. The first-order chi connectivity index (χ1) is 18.1. The first-order valence-electron chi connectivity index (χ1n) is 12.9. The summed E-state index contributed by atoms with van der Waals surface area (Å²) in [5.74, 6) is -1.43. The van der Waals surface area contributed by atoms with E-state index in [1.165, 1.54) is 0 Å². The van der Waals surface area contributed by atoms with Crippen LogP contribution in [0.2, 0.25) is 0 Å². The number of Topliss-reactive ketones (excluding diaryl/α,β-unsaturated/α-hetero) is 2. The minimum absolute atomic E-state index is 0.0604. The van der Waals surface area contributed by atoms with Gasteiger partial charge in [0.25, 0.3) is 0 Å². The average molecular weight is 569 g/mol. The molecule has 38 heavy (non-hydrogen) atoms. The zero-order valence-corrected chi connectivity index (χ0v) is 23.4. The van der Waals surface area contributed by atoms with E-state index in [-0.39, 0.29) is 17.5 Å². The zero-order chi connectivity index (χ0) is 27.0. The third kappa shape index (κ3) is 3.32. The maximum Gasteiger partial charge on any atom is 0.238 e.